The molecule has 1 aliphatic rings. The summed E-state index contributed by atoms with van der Waals surface area (Å²) >= 11 is 0. The fraction of sp³-hybridized carbons (Fsp3) is 0.500. The van der Waals surface area contributed by atoms with Crippen LogP contribution in [0.25, 0.3) is 0 Å². The van der Waals surface area contributed by atoms with Gasteiger partial charge in [0.05, 0.1) is 7.85 Å². The molecule has 2 N–H and O–H groups in total. The zero-order valence-electron chi connectivity index (χ0n) is 7.08. The monoisotopic (exact) mass is 176 g/mol. The Kier molecular flexibility index (Phi) is 1.86. The maximum absolute atomic E-state index is 10.7. The number of carboxylic acids is 1. The van der Waals surface area contributed by atoms with E-state index in [2.05, 4.69) is 10.2 Å². The molecule has 66 valence electrons. The first-order valence-corrected chi connectivity index (χ1v) is 4.23. The summed E-state index contributed by atoms with van der Waals surface area (Å²) in [6, 6.07) is 0. The zero-order valence-corrected chi connectivity index (χ0v) is 7.08. The van der Waals surface area contributed by atoms with Crippen LogP contribution in [0, 0.1) is 0 Å². The molecule has 0 spiro atoms. The number of aryl methyl sites for hydroxylation is 1. The van der Waals surface area contributed by atoms with Crippen LogP contribution in [0.15, 0.2) is 0 Å². The number of carboxylic acid groups (broad SMARTS) is 1. The number of nitrogens with one attached hydrogen (secondary N) is 1. The molecule has 4 nitrogen and oxygen atoms in total. The molecule has 1 aliphatic carbocycles. The van der Waals surface area contributed by atoms with Crippen molar-refractivity contribution < 1.29 is 9.90 Å². The van der Waals surface area contributed by atoms with Gasteiger partial charge >= 0.3 is 5.97 Å². The van der Waals surface area contributed by atoms with Crippen LogP contribution < -0.4 is 0 Å². The van der Waals surface area contributed by atoms with Crippen LogP contribution in [0.4, 0.5) is 0 Å². The van der Waals surface area contributed by atoms with Crippen molar-refractivity contribution in [2.24, 2.45) is 0 Å². The van der Waals surface area contributed by atoms with Gasteiger partial charge in [-0.25, -0.2) is 4.79 Å². The van der Waals surface area contributed by atoms with Gasteiger partial charge in [0.15, 0.2) is 5.69 Å². The molecule has 0 aliphatic heterocycles. The Morgan fingerprint density at radius 1 is 1.69 bits per heavy atom. The van der Waals surface area contributed by atoms with Crippen LogP contribution in [0.1, 0.15) is 28.2 Å². The maximum atomic E-state index is 10.7. The number of hydrogen-bond acceptors (Lipinski definition) is 2. The van der Waals surface area contributed by atoms with E-state index in [0.29, 0.717) is 6.42 Å². The Bertz CT molecular complexity index is 348. The number of aromatic nitrogens is 2. The first-order chi connectivity index (χ1) is 6.18. The highest BCUT2D eigenvalue weighted by molar-refractivity contribution is 6.12. The van der Waals surface area contributed by atoms with Crippen molar-refractivity contribution in [3.8, 4) is 0 Å². The Labute approximate surface area is 76.8 Å². The molecule has 0 fully saturated rings. The molecule has 13 heavy (non-hydrogen) atoms. The first-order valence-electron chi connectivity index (χ1n) is 4.23. The number of aromatic amines is 1. The highest BCUT2D eigenvalue weighted by Gasteiger charge is 2.23. The number of nitrogens with zero attached hydrogens (tertiary/aromatic N) is 1. The number of carbonyl (C=O) groups is 1. The molecular weight excluding hydrogens is 167 g/mol. The number of rotatable bonds is 1. The Morgan fingerprint density at radius 2 is 2.46 bits per heavy atom. The summed E-state index contributed by atoms with van der Waals surface area (Å²) in [7, 11) is 5.74. The van der Waals surface area contributed by atoms with E-state index < -0.39 is 5.97 Å². The van der Waals surface area contributed by atoms with E-state index in [-0.39, 0.29) is 11.5 Å². The average Bonchev–Trinajstić information content (AvgIpc) is 2.46. The number of fused-ring (bicyclic) bond motifs is 1. The predicted octanol–water partition coefficient (Wildman–Crippen LogP) is 0.554. The standard InChI is InChI=1S/C8H9BN2O2/c9-4-1-2-6-5(3-4)7(8(12)13)11-10-6/h4H,1-3H2,(H,10,11)(H,12,13). The fourth-order valence-corrected chi connectivity index (χ4v) is 1.70. The minimum atomic E-state index is -0.980. The molecule has 1 atom stereocenters. The van der Waals surface area contributed by atoms with Crippen molar-refractivity contribution in [2.75, 3.05) is 0 Å². The molecule has 0 bridgehead atoms. The van der Waals surface area contributed by atoms with Crippen LogP contribution in [0.5, 0.6) is 0 Å². The van der Waals surface area contributed by atoms with Crippen LogP contribution in [-0.2, 0) is 12.8 Å². The van der Waals surface area contributed by atoms with Gasteiger partial charge < -0.3 is 5.11 Å². The van der Waals surface area contributed by atoms with Crippen molar-refractivity contribution in [3.63, 3.8) is 0 Å². The summed E-state index contributed by atoms with van der Waals surface area (Å²) < 4.78 is 0. The summed E-state index contributed by atoms with van der Waals surface area (Å²) in [4.78, 5) is 10.7. The summed E-state index contributed by atoms with van der Waals surface area (Å²) in [6.07, 6.45) is 2.32. The highest BCUT2D eigenvalue weighted by atomic mass is 16.4. The molecule has 0 amide bonds. The Hall–Kier alpha value is -1.26. The van der Waals surface area contributed by atoms with Gasteiger partial charge in [-0.1, -0.05) is 12.2 Å². The Balaban J connectivity index is 2.41. The van der Waals surface area contributed by atoms with E-state index in [1.165, 1.54) is 0 Å². The quantitative estimate of drug-likeness (QED) is 0.614. The third kappa shape index (κ3) is 1.34. The van der Waals surface area contributed by atoms with E-state index >= 15 is 0 Å². The molecule has 5 heteroatoms. The van der Waals surface area contributed by atoms with E-state index in [1.54, 1.807) is 0 Å². The molecule has 1 heterocycles. The second kappa shape index (κ2) is 2.90. The molecule has 2 rings (SSSR count). The smallest absolute Gasteiger partial charge is 0.356 e. The molecular formula is C8H9BN2O2. The van der Waals surface area contributed by atoms with Gasteiger partial charge in [0.25, 0.3) is 0 Å². The topological polar surface area (TPSA) is 66.0 Å². The third-order valence-corrected chi connectivity index (χ3v) is 2.39. The van der Waals surface area contributed by atoms with Gasteiger partial charge in [-0.2, -0.15) is 5.10 Å². The van der Waals surface area contributed by atoms with E-state index in [1.807, 2.05) is 0 Å². The van der Waals surface area contributed by atoms with Crippen LogP contribution in [0.3, 0.4) is 0 Å². The van der Waals surface area contributed by atoms with Gasteiger partial charge in [0.2, 0.25) is 0 Å². The lowest BCUT2D eigenvalue weighted by Crippen LogP contribution is -2.11. The second-order valence-electron chi connectivity index (χ2n) is 3.34. The van der Waals surface area contributed by atoms with E-state index in [4.69, 9.17) is 13.0 Å². The van der Waals surface area contributed by atoms with Gasteiger partial charge in [-0.05, 0) is 12.8 Å². The lowest BCUT2D eigenvalue weighted by molar-refractivity contribution is 0.0689. The number of H-pyrrole nitrogens is 1. The van der Waals surface area contributed by atoms with Crippen molar-refractivity contribution >= 4 is 13.8 Å². The summed E-state index contributed by atoms with van der Waals surface area (Å²) in [6.45, 7) is 0. The van der Waals surface area contributed by atoms with Crippen LogP contribution in [0.2, 0.25) is 5.82 Å². The minimum absolute atomic E-state index is 0.0724. The van der Waals surface area contributed by atoms with E-state index in [0.717, 1.165) is 24.1 Å². The molecule has 0 saturated carbocycles. The zero-order chi connectivity index (χ0) is 9.42. The number of aromatic carboxylic acids is 1. The van der Waals surface area contributed by atoms with Crippen LogP contribution in [-0.4, -0.2) is 29.1 Å². The van der Waals surface area contributed by atoms with Gasteiger partial charge in [-0.3, -0.25) is 5.10 Å². The lowest BCUT2D eigenvalue weighted by Gasteiger charge is -2.17. The van der Waals surface area contributed by atoms with Gasteiger partial charge in [0, 0.05) is 11.3 Å². The second-order valence-corrected chi connectivity index (χ2v) is 3.34. The fourth-order valence-electron chi connectivity index (χ4n) is 1.70. The van der Waals surface area contributed by atoms with Crippen molar-refractivity contribution in [1.29, 1.82) is 0 Å². The minimum Gasteiger partial charge on any atom is -0.476 e. The van der Waals surface area contributed by atoms with Crippen molar-refractivity contribution in [3.05, 3.63) is 17.0 Å². The molecule has 0 aromatic carbocycles. The summed E-state index contributed by atoms with van der Waals surface area (Å²) in [5.74, 6) is -0.908. The average molecular weight is 176 g/mol. The molecule has 2 radical (unpaired) electrons. The lowest BCUT2D eigenvalue weighted by atomic mass is 9.74. The first kappa shape index (κ1) is 8.35. The van der Waals surface area contributed by atoms with E-state index in [9.17, 15) is 4.79 Å². The SMILES string of the molecule is [B]C1CCc2[nH]nc(C(=O)O)c2C1. The number of hydrogen-bond donors (Lipinski definition) is 2. The molecule has 1 aromatic rings. The Morgan fingerprint density at radius 3 is 3.15 bits per heavy atom. The largest absolute Gasteiger partial charge is 0.476 e. The summed E-state index contributed by atoms with van der Waals surface area (Å²) in [5, 5.41) is 15.3. The third-order valence-electron chi connectivity index (χ3n) is 2.39. The highest BCUT2D eigenvalue weighted by Crippen LogP contribution is 2.27. The van der Waals surface area contributed by atoms with Gasteiger partial charge in [0.1, 0.15) is 0 Å². The predicted molar refractivity (Wildman–Crippen MR) is 47.1 cm³/mol. The molecule has 0 saturated heterocycles. The summed E-state index contributed by atoms with van der Waals surface area (Å²) in [5.41, 5.74) is 1.84. The normalized spacial score (nSPS) is 21.1. The molecule has 1 aromatic heterocycles. The van der Waals surface area contributed by atoms with Crippen molar-refractivity contribution in [1.82, 2.24) is 10.2 Å². The molecule has 1 unspecified atom stereocenters. The van der Waals surface area contributed by atoms with Gasteiger partial charge in [-0.15, -0.1) is 0 Å². The maximum Gasteiger partial charge on any atom is 0.356 e. The van der Waals surface area contributed by atoms with Crippen molar-refractivity contribution in [2.45, 2.75) is 25.1 Å². The van der Waals surface area contributed by atoms with Crippen LogP contribution >= 0.6 is 0 Å².